The second-order valence-electron chi connectivity index (χ2n) is 11.1. The molecule has 1 aromatic heterocycles. The summed E-state index contributed by atoms with van der Waals surface area (Å²) < 4.78 is 31.0. The van der Waals surface area contributed by atoms with Crippen LogP contribution >= 0.6 is 50.5 Å². The van der Waals surface area contributed by atoms with Gasteiger partial charge in [0.1, 0.15) is 6.61 Å². The summed E-state index contributed by atoms with van der Waals surface area (Å²) in [7, 11) is 4.61. The van der Waals surface area contributed by atoms with Crippen molar-refractivity contribution < 1.29 is 28.5 Å². The van der Waals surface area contributed by atoms with Gasteiger partial charge in [-0.05, 0) is 82.0 Å². The Morgan fingerprint density at radius 2 is 1.67 bits per heavy atom. The number of esters is 1. The highest BCUT2D eigenvalue weighted by atomic mass is 79.9. The van der Waals surface area contributed by atoms with Gasteiger partial charge in [-0.25, -0.2) is 9.79 Å². The van der Waals surface area contributed by atoms with Crippen LogP contribution in [0, 0.1) is 0 Å². The average Bonchev–Trinajstić information content (AvgIpc) is 3.45. The maximum absolute atomic E-state index is 14.4. The molecule has 4 aromatic carbocycles. The van der Waals surface area contributed by atoms with Crippen LogP contribution in [0.4, 0.5) is 0 Å². The number of nitrogens with zero attached hydrogens (tertiary/aromatic N) is 2. The van der Waals surface area contributed by atoms with E-state index >= 15 is 0 Å². The van der Waals surface area contributed by atoms with E-state index in [-0.39, 0.29) is 24.3 Å². The average molecular weight is 811 g/mol. The summed E-state index contributed by atoms with van der Waals surface area (Å²) in [4.78, 5) is 33.6. The normalized spacial score (nSPS) is 14.1. The van der Waals surface area contributed by atoms with Crippen molar-refractivity contribution in [3.63, 3.8) is 0 Å². The van der Waals surface area contributed by atoms with E-state index in [9.17, 15) is 9.59 Å². The van der Waals surface area contributed by atoms with Gasteiger partial charge < -0.3 is 23.7 Å². The van der Waals surface area contributed by atoms with E-state index in [2.05, 4.69) is 15.9 Å². The summed E-state index contributed by atoms with van der Waals surface area (Å²) in [5, 5.41) is 0.886. The molecule has 1 aliphatic heterocycles. The first-order chi connectivity index (χ1) is 24.7. The van der Waals surface area contributed by atoms with Crippen molar-refractivity contribution in [2.75, 3.05) is 27.9 Å². The zero-order valence-corrected chi connectivity index (χ0v) is 31.8. The number of ether oxygens (including phenoxy) is 5. The second kappa shape index (κ2) is 15.8. The molecule has 1 aliphatic rings. The SMILES string of the molecule is CCOC(=O)C1=C(c2ccccc2)N=c2s/c(=C\c3cc(Br)c(OCc4ccc(Cl)c(Cl)c4)c(OC)c3)c(=O)n2[C@@H]1c1ccc(OC)c(OC)c1. The fourth-order valence-corrected chi connectivity index (χ4v) is 7.57. The molecule has 0 amide bonds. The first kappa shape index (κ1) is 36.2. The molecule has 1 atom stereocenters. The Kier molecular flexibility index (Phi) is 11.2. The standard InChI is InChI=1S/C38H31BrCl2N2O7S/c1-5-49-37(45)32-33(23-9-7-6-8-10-23)42-38-43(34(32)24-12-14-28(46-2)29(19-24)47-3)36(44)31(51-38)18-22-15-25(39)35(30(17-22)48-4)50-20-21-11-13-26(40)27(41)16-21/h6-19,34H,5,20H2,1-4H3/b31-18-/t34-/m1/s1. The van der Waals surface area contributed by atoms with Gasteiger partial charge in [-0.3, -0.25) is 9.36 Å². The third-order valence-electron chi connectivity index (χ3n) is 8.01. The van der Waals surface area contributed by atoms with Crippen LogP contribution in [-0.4, -0.2) is 38.5 Å². The molecule has 0 unspecified atom stereocenters. The quantitative estimate of drug-likeness (QED) is 0.127. The summed E-state index contributed by atoms with van der Waals surface area (Å²) in [6, 6.07) is 22.6. The molecule has 0 aliphatic carbocycles. The van der Waals surface area contributed by atoms with Gasteiger partial charge in [0, 0.05) is 5.56 Å². The number of fused-ring (bicyclic) bond motifs is 1. The number of benzene rings is 4. The largest absolute Gasteiger partial charge is 0.493 e. The summed E-state index contributed by atoms with van der Waals surface area (Å²) in [5.41, 5.74) is 3.10. The van der Waals surface area contributed by atoms with Crippen molar-refractivity contribution >= 4 is 68.2 Å². The molecular weight excluding hydrogens is 779 g/mol. The Labute approximate surface area is 316 Å². The molecule has 51 heavy (non-hydrogen) atoms. The van der Waals surface area contributed by atoms with E-state index in [1.54, 1.807) is 56.5 Å². The minimum Gasteiger partial charge on any atom is -0.493 e. The van der Waals surface area contributed by atoms with E-state index in [4.69, 9.17) is 51.9 Å². The monoisotopic (exact) mass is 808 g/mol. The van der Waals surface area contributed by atoms with Gasteiger partial charge in [0.15, 0.2) is 27.8 Å². The number of thiazole rings is 1. The fourth-order valence-electron chi connectivity index (χ4n) is 5.68. The van der Waals surface area contributed by atoms with Crippen LogP contribution in [0.5, 0.6) is 23.0 Å². The predicted octanol–water partition coefficient (Wildman–Crippen LogP) is 7.61. The molecule has 2 heterocycles. The molecule has 0 N–H and O–H groups in total. The molecule has 0 fully saturated rings. The van der Waals surface area contributed by atoms with Crippen LogP contribution in [0.1, 0.15) is 35.2 Å². The third kappa shape index (κ3) is 7.43. The molecule has 262 valence electrons. The van der Waals surface area contributed by atoms with E-state index in [1.807, 2.05) is 42.5 Å². The Balaban J connectivity index is 1.50. The van der Waals surface area contributed by atoms with Gasteiger partial charge in [-0.1, -0.05) is 77.0 Å². The van der Waals surface area contributed by atoms with Gasteiger partial charge in [-0.2, -0.15) is 0 Å². The van der Waals surface area contributed by atoms with Crippen LogP contribution in [0.2, 0.25) is 10.0 Å². The number of carbonyl (C=O) groups is 1. The van der Waals surface area contributed by atoms with Crippen molar-refractivity contribution in [2.24, 2.45) is 4.99 Å². The molecule has 0 saturated heterocycles. The van der Waals surface area contributed by atoms with Crippen molar-refractivity contribution in [1.82, 2.24) is 4.57 Å². The first-order valence-corrected chi connectivity index (χ1v) is 18.0. The van der Waals surface area contributed by atoms with Gasteiger partial charge in [-0.15, -0.1) is 0 Å². The van der Waals surface area contributed by atoms with E-state index < -0.39 is 12.0 Å². The van der Waals surface area contributed by atoms with Crippen molar-refractivity contribution in [1.29, 1.82) is 0 Å². The molecule has 0 spiro atoms. The lowest BCUT2D eigenvalue weighted by Gasteiger charge is -2.26. The summed E-state index contributed by atoms with van der Waals surface area (Å²) in [6.07, 6.45) is 1.75. The number of hydrogen-bond acceptors (Lipinski definition) is 9. The zero-order valence-electron chi connectivity index (χ0n) is 27.9. The molecule has 0 bridgehead atoms. The van der Waals surface area contributed by atoms with Crippen molar-refractivity contribution in [3.8, 4) is 23.0 Å². The summed E-state index contributed by atoms with van der Waals surface area (Å²) >= 11 is 17.1. The first-order valence-electron chi connectivity index (χ1n) is 15.6. The molecule has 9 nitrogen and oxygen atoms in total. The third-order valence-corrected chi connectivity index (χ3v) is 10.3. The zero-order chi connectivity index (χ0) is 36.2. The summed E-state index contributed by atoms with van der Waals surface area (Å²) in [5.74, 6) is 1.28. The topological polar surface area (TPSA) is 97.6 Å². The highest BCUT2D eigenvalue weighted by molar-refractivity contribution is 9.10. The maximum atomic E-state index is 14.4. The van der Waals surface area contributed by atoms with E-state index in [1.165, 1.54) is 30.1 Å². The number of rotatable bonds is 11. The molecule has 0 saturated carbocycles. The van der Waals surface area contributed by atoms with Crippen LogP contribution in [0.3, 0.4) is 0 Å². The minimum atomic E-state index is -0.893. The second-order valence-corrected chi connectivity index (χ2v) is 13.8. The lowest BCUT2D eigenvalue weighted by Crippen LogP contribution is -2.40. The predicted molar refractivity (Wildman–Crippen MR) is 202 cm³/mol. The lowest BCUT2D eigenvalue weighted by atomic mass is 9.93. The molecule has 5 aromatic rings. The number of carbonyl (C=O) groups excluding carboxylic acids is 1. The summed E-state index contributed by atoms with van der Waals surface area (Å²) in [6.45, 7) is 2.08. The van der Waals surface area contributed by atoms with E-state index in [0.717, 1.165) is 5.56 Å². The Bertz CT molecular complexity index is 2340. The van der Waals surface area contributed by atoms with E-state index in [0.29, 0.717) is 69.2 Å². The number of aromatic nitrogens is 1. The van der Waals surface area contributed by atoms with Gasteiger partial charge in [0.25, 0.3) is 5.56 Å². The highest BCUT2D eigenvalue weighted by Crippen LogP contribution is 2.40. The smallest absolute Gasteiger partial charge is 0.338 e. The van der Waals surface area contributed by atoms with Crippen LogP contribution in [-0.2, 0) is 16.1 Å². The molecular formula is C38H31BrCl2N2O7S. The van der Waals surface area contributed by atoms with Gasteiger partial charge in [0.2, 0.25) is 0 Å². The fraction of sp³-hybridized carbons (Fsp3) is 0.184. The Morgan fingerprint density at radius 3 is 2.35 bits per heavy atom. The number of hydrogen-bond donors (Lipinski definition) is 0. The van der Waals surface area contributed by atoms with Gasteiger partial charge >= 0.3 is 5.97 Å². The number of methoxy groups -OCH3 is 3. The van der Waals surface area contributed by atoms with Crippen LogP contribution in [0.25, 0.3) is 11.8 Å². The molecule has 13 heteroatoms. The maximum Gasteiger partial charge on any atom is 0.338 e. The molecule has 0 radical (unpaired) electrons. The van der Waals surface area contributed by atoms with Crippen molar-refractivity contribution in [3.05, 3.63) is 141 Å². The Morgan fingerprint density at radius 1 is 0.922 bits per heavy atom. The minimum absolute atomic E-state index is 0.136. The number of halogens is 3. The molecule has 6 rings (SSSR count). The van der Waals surface area contributed by atoms with Crippen molar-refractivity contribution in [2.45, 2.75) is 19.6 Å². The van der Waals surface area contributed by atoms with Crippen LogP contribution in [0.15, 0.2) is 98.7 Å². The lowest BCUT2D eigenvalue weighted by molar-refractivity contribution is -0.138. The Hall–Kier alpha value is -4.55. The highest BCUT2D eigenvalue weighted by Gasteiger charge is 2.35. The van der Waals surface area contributed by atoms with Crippen LogP contribution < -0.4 is 33.8 Å². The van der Waals surface area contributed by atoms with Gasteiger partial charge in [0.05, 0.1) is 64.3 Å².